The van der Waals surface area contributed by atoms with Crippen molar-refractivity contribution < 1.29 is 19.4 Å². The number of aromatic nitrogens is 1. The van der Waals surface area contributed by atoms with Gasteiger partial charge in [0.1, 0.15) is 10.6 Å². The van der Waals surface area contributed by atoms with Gasteiger partial charge >= 0.3 is 5.97 Å². The van der Waals surface area contributed by atoms with Gasteiger partial charge in [0.05, 0.1) is 12.3 Å². The number of Topliss-reactive ketones (excluding diaryl/α,β-unsaturated/α-hetero) is 1. The van der Waals surface area contributed by atoms with E-state index in [1.165, 1.54) is 6.92 Å². The van der Waals surface area contributed by atoms with Crippen molar-refractivity contribution in [3.63, 3.8) is 0 Å². The van der Waals surface area contributed by atoms with Gasteiger partial charge in [0.25, 0.3) is 0 Å². The summed E-state index contributed by atoms with van der Waals surface area (Å²) in [7, 11) is 0. The van der Waals surface area contributed by atoms with E-state index in [0.717, 1.165) is 11.3 Å². The van der Waals surface area contributed by atoms with Gasteiger partial charge in [-0.05, 0) is 19.1 Å². The molecular formula is C14H14N2O4S. The van der Waals surface area contributed by atoms with Gasteiger partial charge in [-0.1, -0.05) is 23.5 Å². The molecule has 0 bridgehead atoms. The molecule has 6 nitrogen and oxygen atoms in total. The molecule has 110 valence electrons. The molecule has 0 aliphatic heterocycles. The maximum Gasteiger partial charge on any atom is 0.356 e. The molecule has 0 atom stereocenters. The summed E-state index contributed by atoms with van der Waals surface area (Å²) in [6.45, 7) is 3.70. The quantitative estimate of drug-likeness (QED) is 0.797. The fraction of sp³-hybridized carbons (Fsp3) is 0.214. The molecule has 21 heavy (non-hydrogen) atoms. The predicted octanol–water partition coefficient (Wildman–Crippen LogP) is 3.19. The molecule has 0 saturated carbocycles. The number of aromatic carboxylic acids is 1. The van der Waals surface area contributed by atoms with E-state index in [0.29, 0.717) is 23.2 Å². The highest BCUT2D eigenvalue weighted by atomic mass is 32.1. The van der Waals surface area contributed by atoms with E-state index in [-0.39, 0.29) is 16.4 Å². The van der Waals surface area contributed by atoms with Gasteiger partial charge in [0.2, 0.25) is 0 Å². The highest BCUT2D eigenvalue weighted by Gasteiger charge is 2.21. The van der Waals surface area contributed by atoms with E-state index in [1.807, 2.05) is 19.1 Å². The summed E-state index contributed by atoms with van der Waals surface area (Å²) in [4.78, 5) is 26.6. The van der Waals surface area contributed by atoms with Gasteiger partial charge < -0.3 is 15.2 Å². The number of nitrogens with zero attached hydrogens (tertiary/aromatic N) is 1. The van der Waals surface area contributed by atoms with Gasteiger partial charge in [0, 0.05) is 6.92 Å². The van der Waals surface area contributed by atoms with Crippen molar-refractivity contribution in [3.8, 4) is 5.75 Å². The van der Waals surface area contributed by atoms with Crippen molar-refractivity contribution >= 4 is 33.9 Å². The van der Waals surface area contributed by atoms with Crippen LogP contribution in [0.2, 0.25) is 0 Å². The number of carboxylic acids is 1. The van der Waals surface area contributed by atoms with Crippen molar-refractivity contribution in [2.24, 2.45) is 0 Å². The van der Waals surface area contributed by atoms with Crippen molar-refractivity contribution in [2.75, 3.05) is 11.9 Å². The zero-order valence-electron chi connectivity index (χ0n) is 11.5. The molecule has 2 N–H and O–H groups in total. The zero-order chi connectivity index (χ0) is 15.4. The Morgan fingerprint density at radius 1 is 1.38 bits per heavy atom. The second-order valence-corrected chi connectivity index (χ2v) is 5.11. The van der Waals surface area contributed by atoms with Crippen molar-refractivity contribution in [1.29, 1.82) is 0 Å². The van der Waals surface area contributed by atoms with Gasteiger partial charge in [-0.15, -0.1) is 0 Å². The number of carboxylic acid groups (broad SMARTS) is 1. The number of rotatable bonds is 6. The molecule has 0 saturated heterocycles. The largest absolute Gasteiger partial charge is 0.492 e. The van der Waals surface area contributed by atoms with E-state index in [2.05, 4.69) is 10.3 Å². The van der Waals surface area contributed by atoms with Crippen LogP contribution in [0.25, 0.3) is 0 Å². The van der Waals surface area contributed by atoms with Crippen LogP contribution in [0.4, 0.5) is 10.8 Å². The number of benzene rings is 1. The number of para-hydroxylation sites is 2. The van der Waals surface area contributed by atoms with Crippen LogP contribution in [0.15, 0.2) is 24.3 Å². The SMILES string of the molecule is CCOc1ccccc1Nc1nc(C(=O)O)c(C(C)=O)s1. The lowest BCUT2D eigenvalue weighted by Crippen LogP contribution is -2.03. The van der Waals surface area contributed by atoms with E-state index in [4.69, 9.17) is 9.84 Å². The average molecular weight is 306 g/mol. The number of carbonyl (C=O) groups excluding carboxylic acids is 1. The fourth-order valence-electron chi connectivity index (χ4n) is 1.72. The van der Waals surface area contributed by atoms with Gasteiger partial charge in [0.15, 0.2) is 16.6 Å². The second kappa shape index (κ2) is 6.36. The average Bonchev–Trinajstić information content (AvgIpc) is 2.86. The van der Waals surface area contributed by atoms with Crippen LogP contribution in [0.5, 0.6) is 5.75 Å². The molecule has 2 aromatic rings. The maximum absolute atomic E-state index is 11.5. The van der Waals surface area contributed by atoms with Gasteiger partial charge in [-0.25, -0.2) is 9.78 Å². The summed E-state index contributed by atoms with van der Waals surface area (Å²) < 4.78 is 5.47. The maximum atomic E-state index is 11.5. The Balaban J connectivity index is 2.34. The van der Waals surface area contributed by atoms with Crippen molar-refractivity contribution in [2.45, 2.75) is 13.8 Å². The number of carbonyl (C=O) groups is 2. The Bertz CT molecular complexity index is 650. The molecule has 0 amide bonds. The minimum Gasteiger partial charge on any atom is -0.492 e. The molecule has 0 fully saturated rings. The van der Waals surface area contributed by atoms with E-state index < -0.39 is 5.97 Å². The van der Waals surface area contributed by atoms with E-state index >= 15 is 0 Å². The fourth-order valence-corrected chi connectivity index (χ4v) is 2.59. The Morgan fingerprint density at radius 3 is 2.67 bits per heavy atom. The van der Waals surface area contributed by atoms with Crippen molar-refractivity contribution in [3.05, 3.63) is 34.8 Å². The highest BCUT2D eigenvalue weighted by Crippen LogP contribution is 2.31. The molecule has 2 rings (SSSR count). The normalized spacial score (nSPS) is 10.2. The minimum absolute atomic E-state index is 0.124. The first kappa shape index (κ1) is 15.0. The lowest BCUT2D eigenvalue weighted by atomic mass is 10.3. The number of ketones is 1. The third kappa shape index (κ3) is 3.38. The van der Waals surface area contributed by atoms with Crippen LogP contribution < -0.4 is 10.1 Å². The first-order valence-electron chi connectivity index (χ1n) is 6.26. The Morgan fingerprint density at radius 2 is 2.10 bits per heavy atom. The lowest BCUT2D eigenvalue weighted by molar-refractivity contribution is 0.0687. The smallest absolute Gasteiger partial charge is 0.356 e. The molecule has 0 unspecified atom stereocenters. The Hall–Kier alpha value is -2.41. The summed E-state index contributed by atoms with van der Waals surface area (Å²) in [5.41, 5.74) is 0.434. The minimum atomic E-state index is -1.22. The van der Waals surface area contributed by atoms with Crippen LogP contribution >= 0.6 is 11.3 Å². The number of anilines is 2. The zero-order valence-corrected chi connectivity index (χ0v) is 12.4. The Labute approximate surface area is 125 Å². The number of hydrogen-bond donors (Lipinski definition) is 2. The van der Waals surface area contributed by atoms with E-state index in [9.17, 15) is 9.59 Å². The predicted molar refractivity (Wildman–Crippen MR) is 80.0 cm³/mol. The Kier molecular flexibility index (Phi) is 4.54. The third-order valence-electron chi connectivity index (χ3n) is 2.58. The van der Waals surface area contributed by atoms with Crippen molar-refractivity contribution in [1.82, 2.24) is 4.98 Å². The topological polar surface area (TPSA) is 88.5 Å². The van der Waals surface area contributed by atoms with Crippen LogP contribution in [0.3, 0.4) is 0 Å². The first-order valence-corrected chi connectivity index (χ1v) is 7.08. The van der Waals surface area contributed by atoms with Crippen LogP contribution in [0.1, 0.15) is 34.0 Å². The number of thiazole rings is 1. The molecule has 7 heteroatoms. The molecular weight excluding hydrogens is 292 g/mol. The summed E-state index contributed by atoms with van der Waals surface area (Å²) in [6, 6.07) is 7.24. The summed E-state index contributed by atoms with van der Waals surface area (Å²) in [6.07, 6.45) is 0. The standard InChI is InChI=1S/C14H14N2O4S/c1-3-20-10-7-5-4-6-9(10)15-14-16-11(13(18)19)12(21-14)8(2)17/h4-7H,3H2,1-2H3,(H,15,16)(H,18,19). The number of nitrogens with one attached hydrogen (secondary N) is 1. The highest BCUT2D eigenvalue weighted by molar-refractivity contribution is 7.17. The molecule has 0 radical (unpaired) electrons. The summed E-state index contributed by atoms with van der Waals surface area (Å²) in [5, 5.41) is 12.4. The van der Waals surface area contributed by atoms with Gasteiger partial charge in [-0.2, -0.15) is 0 Å². The molecule has 1 aromatic heterocycles. The molecule has 0 spiro atoms. The van der Waals surface area contributed by atoms with Crippen LogP contribution in [0, 0.1) is 0 Å². The second-order valence-electron chi connectivity index (χ2n) is 4.11. The number of hydrogen-bond acceptors (Lipinski definition) is 6. The monoisotopic (exact) mass is 306 g/mol. The van der Waals surface area contributed by atoms with Crippen LogP contribution in [-0.4, -0.2) is 28.4 Å². The lowest BCUT2D eigenvalue weighted by Gasteiger charge is -2.09. The number of ether oxygens (including phenoxy) is 1. The molecule has 1 heterocycles. The molecule has 1 aromatic carbocycles. The third-order valence-corrected chi connectivity index (χ3v) is 3.65. The first-order chi connectivity index (χ1) is 10.0. The van der Waals surface area contributed by atoms with E-state index in [1.54, 1.807) is 12.1 Å². The summed E-state index contributed by atoms with van der Waals surface area (Å²) in [5.74, 6) is -0.907. The van der Waals surface area contributed by atoms with Crippen LogP contribution in [-0.2, 0) is 0 Å². The van der Waals surface area contributed by atoms with Gasteiger partial charge in [-0.3, -0.25) is 4.79 Å². The molecule has 0 aliphatic carbocycles. The molecule has 0 aliphatic rings. The summed E-state index contributed by atoms with van der Waals surface area (Å²) >= 11 is 1.01.